The van der Waals surface area contributed by atoms with Crippen molar-refractivity contribution >= 4 is 11.4 Å². The van der Waals surface area contributed by atoms with Gasteiger partial charge >= 0.3 is 6.18 Å². The van der Waals surface area contributed by atoms with Gasteiger partial charge in [0.2, 0.25) is 11.8 Å². The van der Waals surface area contributed by atoms with Gasteiger partial charge < -0.3 is 14.5 Å². The lowest BCUT2D eigenvalue weighted by atomic mass is 10.1. The molecule has 3 rings (SSSR count). The van der Waals surface area contributed by atoms with Crippen LogP contribution < -0.4 is 5.32 Å². The molecular weight excluding hydrogens is 371 g/mol. The van der Waals surface area contributed by atoms with Crippen LogP contribution in [0.4, 0.5) is 24.5 Å². The first-order valence-electron chi connectivity index (χ1n) is 8.82. The van der Waals surface area contributed by atoms with E-state index in [1.807, 2.05) is 18.2 Å². The van der Waals surface area contributed by atoms with Gasteiger partial charge in [-0.05, 0) is 49.2 Å². The Morgan fingerprint density at radius 1 is 1.00 bits per heavy atom. The Hall–Kier alpha value is -2.87. The number of rotatable bonds is 8. The summed E-state index contributed by atoms with van der Waals surface area (Å²) in [6.45, 7) is 0.681. The van der Waals surface area contributed by atoms with E-state index in [1.165, 1.54) is 12.1 Å². The first-order valence-corrected chi connectivity index (χ1v) is 8.82. The van der Waals surface area contributed by atoms with Crippen LogP contribution in [-0.2, 0) is 17.3 Å². The van der Waals surface area contributed by atoms with Gasteiger partial charge in [0.1, 0.15) is 0 Å². The number of nitrogens with one attached hydrogen (secondary N) is 1. The second kappa shape index (κ2) is 8.88. The molecule has 148 valence electrons. The van der Waals surface area contributed by atoms with Crippen molar-refractivity contribution in [3.05, 3.63) is 60.0 Å². The highest BCUT2D eigenvalue weighted by molar-refractivity contribution is 5.76. The molecule has 3 aromatic rings. The molecule has 8 heteroatoms. The van der Waals surface area contributed by atoms with Gasteiger partial charge in [-0.2, -0.15) is 13.2 Å². The van der Waals surface area contributed by atoms with Crippen LogP contribution in [0, 0.1) is 0 Å². The highest BCUT2D eigenvalue weighted by Gasteiger charge is 2.29. The third-order valence-electron chi connectivity index (χ3n) is 4.10. The lowest BCUT2D eigenvalue weighted by Crippen LogP contribution is -2.04. The van der Waals surface area contributed by atoms with Gasteiger partial charge in [-0.15, -0.1) is 10.2 Å². The molecule has 0 aliphatic heterocycles. The van der Waals surface area contributed by atoms with Crippen LogP contribution >= 0.6 is 0 Å². The molecule has 5 nitrogen and oxygen atoms in total. The largest absolute Gasteiger partial charge is 0.421 e. The van der Waals surface area contributed by atoms with Crippen LogP contribution in [0.25, 0.3) is 11.5 Å². The van der Waals surface area contributed by atoms with E-state index in [-0.39, 0.29) is 0 Å². The quantitative estimate of drug-likeness (QED) is 0.516. The van der Waals surface area contributed by atoms with Crippen LogP contribution in [0.1, 0.15) is 24.3 Å². The zero-order valence-electron chi connectivity index (χ0n) is 15.3. The maximum Gasteiger partial charge on any atom is 0.416 e. The van der Waals surface area contributed by atoms with Gasteiger partial charge in [0.15, 0.2) is 0 Å². The standard InChI is InChI=1S/C20H20F3N3O2/c1-27-13-5-4-8-18-25-26-19(28-18)16-6-2-3-7-17(16)24-15-11-9-14(10-12-15)20(21,22)23/h2-3,6-7,9-12,24H,4-5,8,13H2,1H3. The fourth-order valence-corrected chi connectivity index (χ4v) is 2.66. The first-order chi connectivity index (χ1) is 13.5. The number of para-hydroxylation sites is 1. The number of benzene rings is 2. The summed E-state index contributed by atoms with van der Waals surface area (Å²) in [7, 11) is 1.66. The summed E-state index contributed by atoms with van der Waals surface area (Å²) < 4.78 is 48.9. The Morgan fingerprint density at radius 2 is 1.75 bits per heavy atom. The van der Waals surface area contributed by atoms with Crippen LogP contribution in [0.15, 0.2) is 52.9 Å². The van der Waals surface area contributed by atoms with Crippen molar-refractivity contribution in [3.8, 4) is 11.5 Å². The van der Waals surface area contributed by atoms with E-state index in [0.29, 0.717) is 41.7 Å². The van der Waals surface area contributed by atoms with E-state index in [1.54, 1.807) is 13.2 Å². The zero-order chi connectivity index (χ0) is 20.0. The Labute approximate surface area is 160 Å². The number of aromatic nitrogens is 2. The van der Waals surface area contributed by atoms with Crippen molar-refractivity contribution in [1.82, 2.24) is 10.2 Å². The van der Waals surface area contributed by atoms with E-state index >= 15 is 0 Å². The number of alkyl halides is 3. The van der Waals surface area contributed by atoms with Crippen LogP contribution in [0.2, 0.25) is 0 Å². The molecule has 1 heterocycles. The molecule has 0 amide bonds. The molecule has 0 aliphatic carbocycles. The summed E-state index contributed by atoms with van der Waals surface area (Å²) in [5, 5.41) is 11.3. The third-order valence-corrected chi connectivity index (χ3v) is 4.10. The fraction of sp³-hybridized carbons (Fsp3) is 0.300. The van der Waals surface area contributed by atoms with Gasteiger partial charge in [0.25, 0.3) is 0 Å². The third kappa shape index (κ3) is 5.10. The van der Waals surface area contributed by atoms with Crippen molar-refractivity contribution in [2.24, 2.45) is 0 Å². The molecule has 0 atom stereocenters. The highest BCUT2D eigenvalue weighted by Crippen LogP contribution is 2.32. The molecule has 28 heavy (non-hydrogen) atoms. The highest BCUT2D eigenvalue weighted by atomic mass is 19.4. The molecule has 0 aliphatic rings. The van der Waals surface area contributed by atoms with Crippen molar-refractivity contribution in [2.75, 3.05) is 19.0 Å². The number of methoxy groups -OCH3 is 1. The second-order valence-electron chi connectivity index (χ2n) is 6.20. The van der Waals surface area contributed by atoms with Crippen LogP contribution in [0.5, 0.6) is 0 Å². The number of unbranched alkanes of at least 4 members (excludes halogenated alkanes) is 1. The molecule has 1 N–H and O–H groups in total. The normalized spacial score (nSPS) is 11.6. The van der Waals surface area contributed by atoms with Gasteiger partial charge in [-0.1, -0.05) is 12.1 Å². The van der Waals surface area contributed by atoms with E-state index in [4.69, 9.17) is 9.15 Å². The maximum atomic E-state index is 12.7. The summed E-state index contributed by atoms with van der Waals surface area (Å²) >= 11 is 0. The van der Waals surface area contributed by atoms with Crippen molar-refractivity contribution < 1.29 is 22.3 Å². The van der Waals surface area contributed by atoms with Crippen LogP contribution in [-0.4, -0.2) is 23.9 Å². The van der Waals surface area contributed by atoms with Crippen molar-refractivity contribution in [1.29, 1.82) is 0 Å². The molecule has 0 bridgehead atoms. The van der Waals surface area contributed by atoms with Gasteiger partial charge in [-0.3, -0.25) is 0 Å². The molecule has 2 aromatic carbocycles. The first kappa shape index (κ1) is 19.9. The summed E-state index contributed by atoms with van der Waals surface area (Å²) in [6.07, 6.45) is -1.92. The number of hydrogen-bond donors (Lipinski definition) is 1. The van der Waals surface area contributed by atoms with Crippen LogP contribution in [0.3, 0.4) is 0 Å². The molecule has 0 spiro atoms. The van der Waals surface area contributed by atoms with E-state index in [0.717, 1.165) is 25.0 Å². The zero-order valence-corrected chi connectivity index (χ0v) is 15.3. The summed E-state index contributed by atoms with van der Waals surface area (Å²) in [5.74, 6) is 0.896. The lowest BCUT2D eigenvalue weighted by Gasteiger charge is -2.11. The van der Waals surface area contributed by atoms with E-state index < -0.39 is 11.7 Å². The SMILES string of the molecule is COCCCCc1nnc(-c2ccccc2Nc2ccc(C(F)(F)F)cc2)o1. The summed E-state index contributed by atoms with van der Waals surface area (Å²) in [4.78, 5) is 0. The van der Waals surface area contributed by atoms with E-state index in [9.17, 15) is 13.2 Å². The predicted molar refractivity (Wildman–Crippen MR) is 99.3 cm³/mol. The molecule has 0 saturated heterocycles. The fourth-order valence-electron chi connectivity index (χ4n) is 2.66. The minimum atomic E-state index is -4.36. The number of ether oxygens (including phenoxy) is 1. The molecule has 0 fully saturated rings. The minimum Gasteiger partial charge on any atom is -0.421 e. The number of halogens is 3. The molecule has 0 unspecified atom stereocenters. The Morgan fingerprint density at radius 3 is 2.46 bits per heavy atom. The second-order valence-corrected chi connectivity index (χ2v) is 6.20. The monoisotopic (exact) mass is 391 g/mol. The molecule has 0 saturated carbocycles. The number of anilines is 2. The van der Waals surface area contributed by atoms with Gasteiger partial charge in [-0.25, -0.2) is 0 Å². The number of aryl methyl sites for hydroxylation is 1. The lowest BCUT2D eigenvalue weighted by molar-refractivity contribution is -0.137. The Kier molecular flexibility index (Phi) is 6.30. The number of hydrogen-bond acceptors (Lipinski definition) is 5. The molecular formula is C20H20F3N3O2. The maximum absolute atomic E-state index is 12.7. The smallest absolute Gasteiger partial charge is 0.416 e. The van der Waals surface area contributed by atoms with Gasteiger partial charge in [0.05, 0.1) is 16.8 Å². The molecule has 1 aromatic heterocycles. The number of nitrogens with zero attached hydrogens (tertiary/aromatic N) is 2. The van der Waals surface area contributed by atoms with Crippen molar-refractivity contribution in [3.63, 3.8) is 0 Å². The summed E-state index contributed by atoms with van der Waals surface area (Å²) in [6, 6.07) is 12.1. The average molecular weight is 391 g/mol. The Balaban J connectivity index is 1.74. The minimum absolute atomic E-state index is 0.358. The Bertz CT molecular complexity index is 892. The van der Waals surface area contributed by atoms with Gasteiger partial charge in [0, 0.05) is 25.8 Å². The molecule has 0 radical (unpaired) electrons. The van der Waals surface area contributed by atoms with Crippen molar-refractivity contribution in [2.45, 2.75) is 25.4 Å². The topological polar surface area (TPSA) is 60.2 Å². The predicted octanol–water partition coefficient (Wildman–Crippen LogP) is 5.47. The van der Waals surface area contributed by atoms with E-state index in [2.05, 4.69) is 15.5 Å². The summed E-state index contributed by atoms with van der Waals surface area (Å²) in [5.41, 5.74) is 1.18. The average Bonchev–Trinajstić information content (AvgIpc) is 3.14.